The van der Waals surface area contributed by atoms with E-state index >= 15 is 0 Å². The molecule has 1 unspecified atom stereocenters. The van der Waals surface area contributed by atoms with Crippen LogP contribution in [-0.2, 0) is 6.18 Å². The summed E-state index contributed by atoms with van der Waals surface area (Å²) in [5.41, 5.74) is 1.27. The molecule has 1 aromatic heterocycles. The number of methoxy groups -OCH3 is 1. The highest BCUT2D eigenvalue weighted by molar-refractivity contribution is 6.04. The number of carbonyl (C=O) groups is 1. The topological polar surface area (TPSA) is 94.7 Å². The van der Waals surface area contributed by atoms with Gasteiger partial charge in [0.2, 0.25) is 5.95 Å². The summed E-state index contributed by atoms with van der Waals surface area (Å²) in [6, 6.07) is 9.95. The van der Waals surface area contributed by atoms with Crippen molar-refractivity contribution in [1.29, 1.82) is 0 Å². The maximum atomic E-state index is 14.0. The first kappa shape index (κ1) is 28.4. The molecule has 0 radical (unpaired) electrons. The molecule has 2 aromatic carbocycles. The molecule has 2 aliphatic heterocycles. The van der Waals surface area contributed by atoms with E-state index in [9.17, 15) is 22.4 Å². The van der Waals surface area contributed by atoms with Crippen molar-refractivity contribution in [3.63, 3.8) is 0 Å². The molecule has 13 heteroatoms. The number of ether oxygens (including phenoxy) is 1. The second-order valence-electron chi connectivity index (χ2n) is 9.81. The van der Waals surface area contributed by atoms with Crippen molar-refractivity contribution in [2.45, 2.75) is 25.6 Å². The summed E-state index contributed by atoms with van der Waals surface area (Å²) in [5, 5.41) is 9.03. The Kier molecular flexibility index (Phi) is 8.15. The van der Waals surface area contributed by atoms with Gasteiger partial charge in [-0.05, 0) is 43.7 Å². The van der Waals surface area contributed by atoms with E-state index in [1.807, 2.05) is 12.1 Å². The molecular weight excluding hydrogens is 542 g/mol. The number of nitrogens with zero attached hydrogens (tertiary/aromatic N) is 4. The van der Waals surface area contributed by atoms with Gasteiger partial charge in [0.15, 0.2) is 0 Å². The van der Waals surface area contributed by atoms with Crippen molar-refractivity contribution >= 4 is 34.7 Å². The summed E-state index contributed by atoms with van der Waals surface area (Å²) in [5.74, 6) is -0.609. The molecule has 218 valence electrons. The number of halogens is 4. The predicted molar refractivity (Wildman–Crippen MR) is 148 cm³/mol. The summed E-state index contributed by atoms with van der Waals surface area (Å²) < 4.78 is 60.5. The van der Waals surface area contributed by atoms with Gasteiger partial charge in [0.05, 0.1) is 30.1 Å². The van der Waals surface area contributed by atoms with Gasteiger partial charge in [-0.25, -0.2) is 9.37 Å². The minimum Gasteiger partial charge on any atom is -0.494 e. The van der Waals surface area contributed by atoms with Gasteiger partial charge in [-0.3, -0.25) is 4.79 Å². The van der Waals surface area contributed by atoms with E-state index < -0.39 is 36.2 Å². The van der Waals surface area contributed by atoms with E-state index in [2.05, 4.69) is 30.8 Å². The number of fused-ring (bicyclic) bond motifs is 1. The average Bonchev–Trinajstić information content (AvgIpc) is 3.12. The first-order valence-corrected chi connectivity index (χ1v) is 13.3. The van der Waals surface area contributed by atoms with Crippen LogP contribution in [0.2, 0.25) is 0 Å². The SMILES string of the molecule is COc1cc(N2CCCNCC2)ccc1Nc1ncc(C(F)(F)F)c(Nc2cccc3c2C(=O)N(CCF)C3C)n1. The van der Waals surface area contributed by atoms with Crippen LogP contribution in [0.25, 0.3) is 0 Å². The lowest BCUT2D eigenvalue weighted by molar-refractivity contribution is -0.137. The maximum Gasteiger partial charge on any atom is 0.421 e. The zero-order valence-electron chi connectivity index (χ0n) is 22.7. The minimum absolute atomic E-state index is 0.100. The van der Waals surface area contributed by atoms with Crippen LogP contribution in [0, 0.1) is 0 Å². The fourth-order valence-corrected chi connectivity index (χ4v) is 5.21. The second kappa shape index (κ2) is 11.8. The fourth-order valence-electron chi connectivity index (χ4n) is 5.21. The minimum atomic E-state index is -4.77. The molecule has 1 amide bonds. The van der Waals surface area contributed by atoms with Crippen LogP contribution in [0.3, 0.4) is 0 Å². The number of benzene rings is 2. The van der Waals surface area contributed by atoms with Crippen LogP contribution in [-0.4, -0.2) is 67.3 Å². The summed E-state index contributed by atoms with van der Waals surface area (Å²) in [6.45, 7) is 4.44. The number of carbonyl (C=O) groups excluding carboxylic acids is 1. The monoisotopic (exact) mass is 573 g/mol. The van der Waals surface area contributed by atoms with Gasteiger partial charge in [-0.2, -0.15) is 18.2 Å². The van der Waals surface area contributed by atoms with Gasteiger partial charge < -0.3 is 30.5 Å². The van der Waals surface area contributed by atoms with Crippen LogP contribution in [0.1, 0.15) is 40.9 Å². The number of amides is 1. The van der Waals surface area contributed by atoms with Gasteiger partial charge in [0.1, 0.15) is 23.8 Å². The number of hydrogen-bond acceptors (Lipinski definition) is 8. The van der Waals surface area contributed by atoms with Gasteiger partial charge in [-0.1, -0.05) is 12.1 Å². The Bertz CT molecular complexity index is 1410. The Morgan fingerprint density at radius 1 is 1.12 bits per heavy atom. The molecule has 1 fully saturated rings. The third-order valence-electron chi connectivity index (χ3n) is 7.30. The quantitative estimate of drug-likeness (QED) is 0.314. The van der Waals surface area contributed by atoms with Crippen molar-refractivity contribution < 1.29 is 27.1 Å². The average molecular weight is 574 g/mol. The molecule has 3 heterocycles. The molecule has 5 rings (SSSR count). The van der Waals surface area contributed by atoms with E-state index in [0.717, 1.165) is 38.3 Å². The Balaban J connectivity index is 1.46. The Morgan fingerprint density at radius 2 is 1.95 bits per heavy atom. The normalized spacial score (nSPS) is 17.3. The third kappa shape index (κ3) is 5.85. The second-order valence-corrected chi connectivity index (χ2v) is 9.81. The molecule has 1 saturated heterocycles. The van der Waals surface area contributed by atoms with Crippen molar-refractivity contribution in [2.75, 3.05) is 62.0 Å². The highest BCUT2D eigenvalue weighted by atomic mass is 19.4. The largest absolute Gasteiger partial charge is 0.494 e. The Labute approximate surface area is 234 Å². The number of nitrogens with one attached hydrogen (secondary N) is 3. The molecule has 0 bridgehead atoms. The lowest BCUT2D eigenvalue weighted by Gasteiger charge is -2.23. The van der Waals surface area contributed by atoms with Crippen molar-refractivity contribution in [2.24, 2.45) is 0 Å². The zero-order chi connectivity index (χ0) is 29.1. The summed E-state index contributed by atoms with van der Waals surface area (Å²) in [6.07, 6.45) is -3.08. The van der Waals surface area contributed by atoms with Gasteiger partial charge in [0, 0.05) is 44.1 Å². The number of alkyl halides is 4. The van der Waals surface area contributed by atoms with E-state index in [1.165, 1.54) is 18.1 Å². The highest BCUT2D eigenvalue weighted by Crippen LogP contribution is 2.41. The van der Waals surface area contributed by atoms with Gasteiger partial charge in [0.25, 0.3) is 5.91 Å². The van der Waals surface area contributed by atoms with Crippen LogP contribution < -0.4 is 25.6 Å². The number of aromatic nitrogens is 2. The smallest absolute Gasteiger partial charge is 0.421 e. The maximum absolute atomic E-state index is 14.0. The van der Waals surface area contributed by atoms with Crippen molar-refractivity contribution in [3.8, 4) is 5.75 Å². The fraction of sp³-hybridized carbons (Fsp3) is 0.393. The third-order valence-corrected chi connectivity index (χ3v) is 7.30. The van der Waals surface area contributed by atoms with Crippen LogP contribution >= 0.6 is 0 Å². The standard InChI is InChI=1S/C28H31F4N7O2/c1-17-19-5-3-6-22(24(19)26(40)39(17)13-9-29)35-25-20(28(30,31)32)16-34-27(37-25)36-21-8-7-18(15-23(21)41-2)38-12-4-10-33-11-14-38/h3,5-8,15-17,33H,4,9-14H2,1-2H3,(H2,34,35,36,37). The number of anilines is 5. The van der Waals surface area contributed by atoms with E-state index in [4.69, 9.17) is 4.74 Å². The first-order valence-electron chi connectivity index (χ1n) is 13.3. The van der Waals surface area contributed by atoms with E-state index in [1.54, 1.807) is 25.1 Å². The molecule has 41 heavy (non-hydrogen) atoms. The van der Waals surface area contributed by atoms with Crippen LogP contribution in [0.4, 0.5) is 46.4 Å². The summed E-state index contributed by atoms with van der Waals surface area (Å²) >= 11 is 0. The predicted octanol–water partition coefficient (Wildman–Crippen LogP) is 5.28. The summed E-state index contributed by atoms with van der Waals surface area (Å²) in [7, 11) is 1.51. The summed E-state index contributed by atoms with van der Waals surface area (Å²) in [4.78, 5) is 24.7. The zero-order valence-corrected chi connectivity index (χ0v) is 22.7. The van der Waals surface area contributed by atoms with E-state index in [-0.39, 0.29) is 23.7 Å². The lowest BCUT2D eigenvalue weighted by atomic mass is 10.0. The molecule has 3 N–H and O–H groups in total. The molecule has 2 aliphatic rings. The number of rotatable bonds is 8. The Hall–Kier alpha value is -4.13. The van der Waals surface area contributed by atoms with Gasteiger partial charge in [-0.15, -0.1) is 0 Å². The molecule has 9 nitrogen and oxygen atoms in total. The number of hydrogen-bond donors (Lipinski definition) is 3. The van der Waals surface area contributed by atoms with E-state index in [0.29, 0.717) is 23.2 Å². The first-order chi connectivity index (χ1) is 19.7. The molecule has 0 saturated carbocycles. The Morgan fingerprint density at radius 3 is 2.71 bits per heavy atom. The van der Waals surface area contributed by atoms with Crippen LogP contribution in [0.5, 0.6) is 5.75 Å². The molecule has 1 atom stereocenters. The van der Waals surface area contributed by atoms with Crippen molar-refractivity contribution in [3.05, 3.63) is 59.3 Å². The lowest BCUT2D eigenvalue weighted by Crippen LogP contribution is -2.28. The molecule has 0 spiro atoms. The van der Waals surface area contributed by atoms with Crippen molar-refractivity contribution in [1.82, 2.24) is 20.2 Å². The molecule has 3 aromatic rings. The molecule has 0 aliphatic carbocycles. The highest BCUT2D eigenvalue weighted by Gasteiger charge is 2.38. The van der Waals surface area contributed by atoms with Crippen LogP contribution in [0.15, 0.2) is 42.6 Å². The molecular formula is C28H31F4N7O2. The van der Waals surface area contributed by atoms with Gasteiger partial charge >= 0.3 is 6.18 Å².